The summed E-state index contributed by atoms with van der Waals surface area (Å²) in [7, 11) is 0. The molecule has 0 fully saturated rings. The monoisotopic (exact) mass is 203 g/mol. The molecule has 0 saturated carbocycles. The lowest BCUT2D eigenvalue weighted by Gasteiger charge is -2.00. The maximum atomic E-state index is 10.6. The average Bonchev–Trinajstić information content (AvgIpc) is 2.70. The van der Waals surface area contributed by atoms with Crippen molar-refractivity contribution in [3.8, 4) is 10.6 Å². The number of pyridine rings is 1. The highest BCUT2D eigenvalue weighted by Gasteiger charge is 2.03. The van der Waals surface area contributed by atoms with E-state index in [-0.39, 0.29) is 0 Å². The zero-order valence-corrected chi connectivity index (χ0v) is 8.54. The molecular formula is C11H9NOS. The first-order chi connectivity index (χ1) is 6.81. The van der Waals surface area contributed by atoms with Crippen molar-refractivity contribution in [2.75, 3.05) is 0 Å². The lowest BCUT2D eigenvalue weighted by atomic mass is 10.2. The van der Waals surface area contributed by atoms with E-state index in [4.69, 9.17) is 0 Å². The van der Waals surface area contributed by atoms with Crippen LogP contribution in [-0.4, -0.2) is 11.3 Å². The lowest BCUT2D eigenvalue weighted by Crippen LogP contribution is -1.91. The minimum absolute atomic E-state index is 0.658. The predicted molar refractivity (Wildman–Crippen MR) is 57.7 cm³/mol. The molecule has 70 valence electrons. The van der Waals surface area contributed by atoms with E-state index in [0.717, 1.165) is 22.6 Å². The number of aromatic nitrogens is 1. The molecule has 3 heteroatoms. The van der Waals surface area contributed by atoms with Crippen molar-refractivity contribution < 1.29 is 4.79 Å². The lowest BCUT2D eigenvalue weighted by molar-refractivity contribution is 0.112. The zero-order valence-electron chi connectivity index (χ0n) is 7.73. The Hall–Kier alpha value is -1.48. The molecule has 0 aliphatic rings. The Balaban J connectivity index is 2.48. The van der Waals surface area contributed by atoms with Gasteiger partial charge in [0.25, 0.3) is 0 Å². The van der Waals surface area contributed by atoms with E-state index in [0.29, 0.717) is 5.56 Å². The Kier molecular flexibility index (Phi) is 2.41. The van der Waals surface area contributed by atoms with Gasteiger partial charge in [0.05, 0.1) is 10.6 Å². The smallest absolute Gasteiger partial charge is 0.151 e. The van der Waals surface area contributed by atoms with Crippen molar-refractivity contribution in [1.82, 2.24) is 4.98 Å². The van der Waals surface area contributed by atoms with Crippen molar-refractivity contribution in [3.63, 3.8) is 0 Å². The predicted octanol–water partition coefficient (Wildman–Crippen LogP) is 2.93. The van der Waals surface area contributed by atoms with E-state index >= 15 is 0 Å². The van der Waals surface area contributed by atoms with Gasteiger partial charge in [-0.1, -0.05) is 6.07 Å². The second-order valence-corrected chi connectivity index (χ2v) is 3.91. The third-order valence-corrected chi connectivity index (χ3v) is 2.92. The first-order valence-electron chi connectivity index (χ1n) is 4.28. The molecule has 2 nitrogen and oxygen atoms in total. The highest BCUT2D eigenvalue weighted by Crippen LogP contribution is 2.23. The van der Waals surface area contributed by atoms with E-state index in [1.165, 1.54) is 0 Å². The Morgan fingerprint density at radius 1 is 1.36 bits per heavy atom. The molecule has 0 spiro atoms. The quantitative estimate of drug-likeness (QED) is 0.702. The molecule has 2 heterocycles. The summed E-state index contributed by atoms with van der Waals surface area (Å²) >= 11 is 1.65. The van der Waals surface area contributed by atoms with Gasteiger partial charge in [0, 0.05) is 11.3 Å². The fourth-order valence-corrected chi connectivity index (χ4v) is 1.95. The van der Waals surface area contributed by atoms with Crippen LogP contribution in [-0.2, 0) is 0 Å². The molecule has 14 heavy (non-hydrogen) atoms. The van der Waals surface area contributed by atoms with Crippen molar-refractivity contribution in [2.24, 2.45) is 0 Å². The van der Waals surface area contributed by atoms with Gasteiger partial charge in [-0.3, -0.25) is 9.78 Å². The van der Waals surface area contributed by atoms with Gasteiger partial charge >= 0.3 is 0 Å². The molecule has 0 bridgehead atoms. The normalized spacial score (nSPS) is 10.1. The van der Waals surface area contributed by atoms with Gasteiger partial charge in [-0.25, -0.2) is 0 Å². The third-order valence-electron chi connectivity index (χ3n) is 2.03. The first-order valence-corrected chi connectivity index (χ1v) is 5.16. The highest BCUT2D eigenvalue weighted by molar-refractivity contribution is 7.13. The summed E-state index contributed by atoms with van der Waals surface area (Å²) in [6.07, 6.45) is 0.834. The van der Waals surface area contributed by atoms with Crippen LogP contribution in [0.5, 0.6) is 0 Å². The molecule has 0 saturated heterocycles. The van der Waals surface area contributed by atoms with Crippen LogP contribution in [0.3, 0.4) is 0 Å². The van der Waals surface area contributed by atoms with Gasteiger partial charge in [0.15, 0.2) is 6.29 Å². The Morgan fingerprint density at radius 2 is 2.21 bits per heavy atom. The maximum absolute atomic E-state index is 10.6. The molecule has 0 atom stereocenters. The fraction of sp³-hybridized carbons (Fsp3) is 0.0909. The minimum Gasteiger partial charge on any atom is -0.298 e. The number of hydrogen-bond donors (Lipinski definition) is 0. The number of carbonyl (C=O) groups is 1. The van der Waals surface area contributed by atoms with Gasteiger partial charge in [0.1, 0.15) is 0 Å². The molecule has 0 aliphatic heterocycles. The third kappa shape index (κ3) is 1.59. The number of nitrogens with zero attached hydrogens (tertiary/aromatic N) is 1. The summed E-state index contributed by atoms with van der Waals surface area (Å²) in [5.41, 5.74) is 2.37. The summed E-state index contributed by atoms with van der Waals surface area (Å²) in [6.45, 7) is 1.85. The van der Waals surface area contributed by atoms with Gasteiger partial charge in [-0.15, -0.1) is 11.3 Å². The largest absolute Gasteiger partial charge is 0.298 e. The molecule has 0 N–H and O–H groups in total. The standard InChI is InChI=1S/C11H9NOS/c1-8-9(7-13)4-5-10(12-8)11-3-2-6-14-11/h2-7H,1H3. The second-order valence-electron chi connectivity index (χ2n) is 2.97. The van der Waals surface area contributed by atoms with E-state index in [1.807, 2.05) is 36.6 Å². The van der Waals surface area contributed by atoms with Crippen LogP contribution in [0.4, 0.5) is 0 Å². The molecular weight excluding hydrogens is 194 g/mol. The SMILES string of the molecule is Cc1nc(-c2cccs2)ccc1C=O. The van der Waals surface area contributed by atoms with Crippen LogP contribution in [0, 0.1) is 6.92 Å². The second kappa shape index (κ2) is 3.72. The molecule has 0 unspecified atom stereocenters. The number of hydrogen-bond acceptors (Lipinski definition) is 3. The summed E-state index contributed by atoms with van der Waals surface area (Å²) < 4.78 is 0. The van der Waals surface area contributed by atoms with Crippen LogP contribution in [0.15, 0.2) is 29.6 Å². The van der Waals surface area contributed by atoms with E-state index < -0.39 is 0 Å². The fourth-order valence-electron chi connectivity index (χ4n) is 1.26. The van der Waals surface area contributed by atoms with Gasteiger partial charge in [-0.2, -0.15) is 0 Å². The van der Waals surface area contributed by atoms with E-state index in [9.17, 15) is 4.79 Å². The average molecular weight is 203 g/mol. The van der Waals surface area contributed by atoms with E-state index in [1.54, 1.807) is 11.3 Å². The van der Waals surface area contributed by atoms with Crippen molar-refractivity contribution in [3.05, 3.63) is 40.9 Å². The topological polar surface area (TPSA) is 30.0 Å². The van der Waals surface area contributed by atoms with Crippen molar-refractivity contribution in [1.29, 1.82) is 0 Å². The highest BCUT2D eigenvalue weighted by atomic mass is 32.1. The Morgan fingerprint density at radius 3 is 2.79 bits per heavy atom. The molecule has 0 radical (unpaired) electrons. The molecule has 2 aromatic rings. The van der Waals surface area contributed by atoms with Gasteiger partial charge in [-0.05, 0) is 30.5 Å². The summed E-state index contributed by atoms with van der Waals surface area (Å²) in [6, 6.07) is 7.70. The number of aldehydes is 1. The van der Waals surface area contributed by atoms with Crippen LogP contribution in [0.1, 0.15) is 16.1 Å². The molecule has 2 aromatic heterocycles. The molecule has 0 amide bonds. The van der Waals surface area contributed by atoms with Crippen molar-refractivity contribution >= 4 is 17.6 Å². The Bertz CT molecular complexity index is 448. The first kappa shape index (κ1) is 9.09. The minimum atomic E-state index is 0.658. The zero-order chi connectivity index (χ0) is 9.97. The van der Waals surface area contributed by atoms with Crippen molar-refractivity contribution in [2.45, 2.75) is 6.92 Å². The molecule has 2 rings (SSSR count). The number of aryl methyl sites for hydroxylation is 1. The number of carbonyl (C=O) groups excluding carboxylic acids is 1. The van der Waals surface area contributed by atoms with Crippen LogP contribution < -0.4 is 0 Å². The van der Waals surface area contributed by atoms with Gasteiger partial charge < -0.3 is 0 Å². The summed E-state index contributed by atoms with van der Waals surface area (Å²) in [5, 5.41) is 2.01. The van der Waals surface area contributed by atoms with Crippen LogP contribution >= 0.6 is 11.3 Å². The Labute approximate surface area is 86.2 Å². The molecule has 0 aromatic carbocycles. The van der Waals surface area contributed by atoms with Crippen LogP contribution in [0.2, 0.25) is 0 Å². The van der Waals surface area contributed by atoms with E-state index in [2.05, 4.69) is 4.98 Å². The maximum Gasteiger partial charge on any atom is 0.151 e. The van der Waals surface area contributed by atoms with Crippen LogP contribution in [0.25, 0.3) is 10.6 Å². The number of rotatable bonds is 2. The molecule has 0 aliphatic carbocycles. The van der Waals surface area contributed by atoms with Gasteiger partial charge in [0.2, 0.25) is 0 Å². The number of thiophene rings is 1. The summed E-state index contributed by atoms with van der Waals surface area (Å²) in [5.74, 6) is 0. The summed E-state index contributed by atoms with van der Waals surface area (Å²) in [4.78, 5) is 16.1.